The second kappa shape index (κ2) is 50.7. The Kier molecular flexibility index (Phi) is 47.5. The van der Waals surface area contributed by atoms with E-state index in [9.17, 15) is 14.4 Å². The zero-order valence-corrected chi connectivity index (χ0v) is 40.5. The number of allylic oxidation sites excluding steroid dienone is 18. The fraction of sp³-hybridized carbons (Fsp3) is 0.632. The van der Waals surface area contributed by atoms with Gasteiger partial charge in [0.25, 0.3) is 0 Å². The molecule has 0 aromatic heterocycles. The zero-order valence-electron chi connectivity index (χ0n) is 40.5. The third-order valence-electron chi connectivity index (χ3n) is 10.3. The van der Waals surface area contributed by atoms with Crippen molar-refractivity contribution in [1.29, 1.82) is 0 Å². The van der Waals surface area contributed by atoms with Crippen molar-refractivity contribution in [3.8, 4) is 0 Å². The zero-order chi connectivity index (χ0) is 45.8. The highest BCUT2D eigenvalue weighted by Gasteiger charge is 2.19. The van der Waals surface area contributed by atoms with E-state index < -0.39 is 6.10 Å². The summed E-state index contributed by atoms with van der Waals surface area (Å²) in [5, 5.41) is 0. The summed E-state index contributed by atoms with van der Waals surface area (Å²) < 4.78 is 16.7. The third kappa shape index (κ3) is 49.0. The smallest absolute Gasteiger partial charge is 0.306 e. The van der Waals surface area contributed by atoms with Crippen LogP contribution in [0.3, 0.4) is 0 Å². The molecule has 0 heterocycles. The lowest BCUT2D eigenvalue weighted by Crippen LogP contribution is -2.30. The topological polar surface area (TPSA) is 78.9 Å². The van der Waals surface area contributed by atoms with Crippen LogP contribution in [0.4, 0.5) is 0 Å². The molecular weight excluding hydrogens is 781 g/mol. The van der Waals surface area contributed by atoms with Gasteiger partial charge < -0.3 is 14.2 Å². The molecule has 6 nitrogen and oxygen atoms in total. The molecule has 0 aromatic rings. The van der Waals surface area contributed by atoms with Gasteiger partial charge in [-0.05, 0) is 103 Å². The van der Waals surface area contributed by atoms with Crippen LogP contribution in [0, 0.1) is 0 Å². The fourth-order valence-corrected chi connectivity index (χ4v) is 6.44. The molecular formula is C57H92O6. The Balaban J connectivity index is 4.53. The Bertz CT molecular complexity index is 1330. The first-order chi connectivity index (χ1) is 31.0. The van der Waals surface area contributed by atoms with Crippen molar-refractivity contribution in [3.63, 3.8) is 0 Å². The maximum atomic E-state index is 12.8. The summed E-state index contributed by atoms with van der Waals surface area (Å²) in [7, 11) is 0. The van der Waals surface area contributed by atoms with Gasteiger partial charge in [-0.2, -0.15) is 0 Å². The largest absolute Gasteiger partial charge is 0.462 e. The van der Waals surface area contributed by atoms with Crippen LogP contribution in [0.5, 0.6) is 0 Å². The Morgan fingerprint density at radius 2 is 0.714 bits per heavy atom. The normalized spacial score (nSPS) is 13.0. The van der Waals surface area contributed by atoms with Crippen LogP contribution in [-0.4, -0.2) is 37.2 Å². The van der Waals surface area contributed by atoms with Gasteiger partial charge in [-0.15, -0.1) is 0 Å². The summed E-state index contributed by atoms with van der Waals surface area (Å²) in [5.41, 5.74) is 0. The number of unbranched alkanes of at least 4 members (excludes halogenated alkanes) is 16. The highest BCUT2D eigenvalue weighted by Crippen LogP contribution is 2.12. The molecule has 356 valence electrons. The van der Waals surface area contributed by atoms with Crippen molar-refractivity contribution in [2.45, 2.75) is 219 Å². The van der Waals surface area contributed by atoms with Crippen LogP contribution in [-0.2, 0) is 28.6 Å². The number of esters is 3. The van der Waals surface area contributed by atoms with E-state index in [1.165, 1.54) is 57.8 Å². The molecule has 0 aliphatic heterocycles. The minimum atomic E-state index is -0.819. The van der Waals surface area contributed by atoms with E-state index in [1.807, 2.05) is 12.2 Å². The molecule has 0 aromatic carbocycles. The summed E-state index contributed by atoms with van der Waals surface area (Å²) in [4.78, 5) is 37.9. The summed E-state index contributed by atoms with van der Waals surface area (Å²) in [6.45, 7) is 6.35. The first-order valence-corrected chi connectivity index (χ1v) is 25.4. The van der Waals surface area contributed by atoms with Crippen LogP contribution in [0.25, 0.3) is 0 Å². The molecule has 0 saturated heterocycles. The lowest BCUT2D eigenvalue weighted by atomic mass is 10.1. The number of ether oxygens (including phenoxy) is 3. The van der Waals surface area contributed by atoms with E-state index in [0.29, 0.717) is 19.3 Å². The molecule has 1 atom stereocenters. The van der Waals surface area contributed by atoms with E-state index in [-0.39, 0.29) is 37.5 Å². The van der Waals surface area contributed by atoms with Crippen molar-refractivity contribution in [2.24, 2.45) is 0 Å². The molecule has 0 radical (unpaired) electrons. The fourth-order valence-electron chi connectivity index (χ4n) is 6.44. The van der Waals surface area contributed by atoms with Gasteiger partial charge >= 0.3 is 17.9 Å². The molecule has 1 unspecified atom stereocenters. The van der Waals surface area contributed by atoms with Gasteiger partial charge in [0.2, 0.25) is 0 Å². The van der Waals surface area contributed by atoms with Gasteiger partial charge in [0.05, 0.1) is 0 Å². The third-order valence-corrected chi connectivity index (χ3v) is 10.3. The average molecular weight is 873 g/mol. The standard InChI is InChI=1S/C57H92O6/c1-4-7-10-13-16-19-22-24-26-27-28-29-31-32-35-38-41-44-47-50-56(59)62-53-54(52-61-55(58)49-46-43-40-37-34-21-18-15-12-9-6-3)63-57(60)51-48-45-42-39-36-33-30-25-23-20-17-14-11-8-5-2/h7,10,15-20,23-26,28-29,32,35,41,44,54H,4-6,8-9,11-14,21-22,27,30-31,33-34,36-40,42-43,45-53H2,1-3H3/b10-7-,18-15-,19-16-,20-17-,25-23-,26-24-,29-28-,35-32-,44-41-. The molecule has 0 aliphatic rings. The SMILES string of the molecule is CC/C=C\C/C=C\C/C=C\C/C=C\C/C=C\C/C=C\CCC(=O)OCC(COC(=O)CCCCCCC/C=C\CCCC)OC(=O)CCCCCCCC/C=C\C=C/CCCCC. The predicted molar refractivity (Wildman–Crippen MR) is 270 cm³/mol. The molecule has 63 heavy (non-hydrogen) atoms. The van der Waals surface area contributed by atoms with Gasteiger partial charge in [-0.1, -0.05) is 201 Å². The number of rotatable bonds is 44. The molecule has 0 N–H and O–H groups in total. The minimum absolute atomic E-state index is 0.113. The maximum Gasteiger partial charge on any atom is 0.306 e. The first-order valence-electron chi connectivity index (χ1n) is 25.4. The molecule has 0 spiro atoms. The maximum absolute atomic E-state index is 12.8. The second-order valence-corrected chi connectivity index (χ2v) is 16.4. The summed E-state index contributed by atoms with van der Waals surface area (Å²) in [6, 6.07) is 0. The molecule has 0 amide bonds. The number of hydrogen-bond acceptors (Lipinski definition) is 6. The van der Waals surface area contributed by atoms with Gasteiger partial charge in [0.15, 0.2) is 6.10 Å². The predicted octanol–water partition coefficient (Wildman–Crippen LogP) is 16.8. The molecule has 0 bridgehead atoms. The van der Waals surface area contributed by atoms with Gasteiger partial charge in [-0.3, -0.25) is 14.4 Å². The van der Waals surface area contributed by atoms with E-state index in [2.05, 4.69) is 118 Å². The number of carbonyl (C=O) groups excluding carboxylic acids is 3. The number of carbonyl (C=O) groups is 3. The van der Waals surface area contributed by atoms with Crippen LogP contribution >= 0.6 is 0 Å². The highest BCUT2D eigenvalue weighted by atomic mass is 16.6. The molecule has 0 fully saturated rings. The van der Waals surface area contributed by atoms with E-state index in [4.69, 9.17) is 14.2 Å². The van der Waals surface area contributed by atoms with Gasteiger partial charge in [-0.25, -0.2) is 0 Å². The van der Waals surface area contributed by atoms with Gasteiger partial charge in [0, 0.05) is 19.3 Å². The first kappa shape index (κ1) is 59.1. The van der Waals surface area contributed by atoms with Crippen molar-refractivity contribution in [1.82, 2.24) is 0 Å². The lowest BCUT2D eigenvalue weighted by molar-refractivity contribution is -0.166. The molecule has 0 saturated carbocycles. The minimum Gasteiger partial charge on any atom is -0.462 e. The van der Waals surface area contributed by atoms with Crippen molar-refractivity contribution < 1.29 is 28.6 Å². The highest BCUT2D eigenvalue weighted by molar-refractivity contribution is 5.71. The quantitative estimate of drug-likeness (QED) is 0.0199. The van der Waals surface area contributed by atoms with Crippen LogP contribution < -0.4 is 0 Å². The Morgan fingerprint density at radius 1 is 0.349 bits per heavy atom. The molecule has 0 aliphatic carbocycles. The van der Waals surface area contributed by atoms with Crippen LogP contribution in [0.15, 0.2) is 109 Å². The second-order valence-electron chi connectivity index (χ2n) is 16.4. The average Bonchev–Trinajstić information content (AvgIpc) is 3.28. The van der Waals surface area contributed by atoms with Gasteiger partial charge in [0.1, 0.15) is 13.2 Å². The van der Waals surface area contributed by atoms with E-state index in [0.717, 1.165) is 109 Å². The Hall–Kier alpha value is -3.93. The Morgan fingerprint density at radius 3 is 1.21 bits per heavy atom. The summed E-state index contributed by atoms with van der Waals surface area (Å²) in [6.07, 6.45) is 67.9. The van der Waals surface area contributed by atoms with Crippen molar-refractivity contribution >= 4 is 17.9 Å². The van der Waals surface area contributed by atoms with E-state index in [1.54, 1.807) is 0 Å². The summed E-state index contributed by atoms with van der Waals surface area (Å²) in [5.74, 6) is -1.03. The molecule has 0 rings (SSSR count). The van der Waals surface area contributed by atoms with Crippen LogP contribution in [0.1, 0.15) is 213 Å². The van der Waals surface area contributed by atoms with Crippen molar-refractivity contribution in [3.05, 3.63) is 109 Å². The lowest BCUT2D eigenvalue weighted by Gasteiger charge is -2.18. The van der Waals surface area contributed by atoms with Crippen LogP contribution in [0.2, 0.25) is 0 Å². The summed E-state index contributed by atoms with van der Waals surface area (Å²) >= 11 is 0. The number of hydrogen-bond donors (Lipinski definition) is 0. The molecule has 6 heteroatoms. The monoisotopic (exact) mass is 873 g/mol. The van der Waals surface area contributed by atoms with Crippen molar-refractivity contribution in [2.75, 3.05) is 13.2 Å². The van der Waals surface area contributed by atoms with E-state index >= 15 is 0 Å². The Labute approximate surface area is 387 Å².